The average molecular weight is 214 g/mol. The van der Waals surface area contributed by atoms with E-state index in [1.54, 1.807) is 6.92 Å². The highest BCUT2D eigenvalue weighted by Gasteiger charge is 2.30. The Morgan fingerprint density at radius 3 is 2.67 bits per heavy atom. The van der Waals surface area contributed by atoms with Crippen LogP contribution in [0.5, 0.6) is 0 Å². The van der Waals surface area contributed by atoms with Crippen molar-refractivity contribution in [3.8, 4) is 0 Å². The Hall–Kier alpha value is -1.10. The number of carbonyl (C=O) groups excluding carboxylic acids is 1. The Balaban J connectivity index is 2.37. The van der Waals surface area contributed by atoms with Crippen LogP contribution in [-0.2, 0) is 9.59 Å². The first kappa shape index (κ1) is 12.0. The van der Waals surface area contributed by atoms with Crippen LogP contribution in [0.3, 0.4) is 0 Å². The van der Waals surface area contributed by atoms with Gasteiger partial charge in [-0.3, -0.25) is 9.59 Å². The second kappa shape index (κ2) is 5.11. The third-order valence-electron chi connectivity index (χ3n) is 2.72. The first-order valence-corrected chi connectivity index (χ1v) is 5.23. The molecule has 3 atom stereocenters. The first-order valence-electron chi connectivity index (χ1n) is 5.23. The highest BCUT2D eigenvalue weighted by Crippen LogP contribution is 2.15. The number of nitrogens with one attached hydrogen (secondary N) is 2. The topological polar surface area (TPSA) is 78.4 Å². The van der Waals surface area contributed by atoms with Crippen molar-refractivity contribution >= 4 is 11.9 Å². The van der Waals surface area contributed by atoms with Crippen molar-refractivity contribution in [3.05, 3.63) is 0 Å². The standard InChI is InChI=1S/C10H18N2O3/c1-6-4-11-5-8(6)10(15)12-7(2)3-9(13)14/h6-8,11H,3-5H2,1-2H3,(H,12,15)(H,13,14)/t6-,7?,8-/m1/s1. The highest BCUT2D eigenvalue weighted by atomic mass is 16.4. The number of amides is 1. The van der Waals surface area contributed by atoms with Crippen molar-refractivity contribution in [3.63, 3.8) is 0 Å². The quantitative estimate of drug-likeness (QED) is 0.606. The summed E-state index contributed by atoms with van der Waals surface area (Å²) in [5.41, 5.74) is 0. The predicted molar refractivity (Wildman–Crippen MR) is 55.4 cm³/mol. The summed E-state index contributed by atoms with van der Waals surface area (Å²) < 4.78 is 0. The fourth-order valence-electron chi connectivity index (χ4n) is 1.82. The van der Waals surface area contributed by atoms with Crippen molar-refractivity contribution in [2.75, 3.05) is 13.1 Å². The van der Waals surface area contributed by atoms with Gasteiger partial charge < -0.3 is 15.7 Å². The molecule has 5 nitrogen and oxygen atoms in total. The maximum absolute atomic E-state index is 11.7. The van der Waals surface area contributed by atoms with Gasteiger partial charge in [0, 0.05) is 12.6 Å². The molecule has 1 rings (SSSR count). The minimum atomic E-state index is -0.889. The van der Waals surface area contributed by atoms with Gasteiger partial charge in [-0.1, -0.05) is 6.92 Å². The Labute approximate surface area is 89.2 Å². The van der Waals surface area contributed by atoms with Crippen LogP contribution in [0.4, 0.5) is 0 Å². The van der Waals surface area contributed by atoms with E-state index in [1.807, 2.05) is 6.92 Å². The molecule has 0 aromatic rings. The molecule has 0 aromatic heterocycles. The molecule has 0 aromatic carbocycles. The monoisotopic (exact) mass is 214 g/mol. The fraction of sp³-hybridized carbons (Fsp3) is 0.800. The van der Waals surface area contributed by atoms with Crippen LogP contribution in [0.25, 0.3) is 0 Å². The summed E-state index contributed by atoms with van der Waals surface area (Å²) in [5, 5.41) is 14.4. The van der Waals surface area contributed by atoms with Crippen LogP contribution in [0, 0.1) is 11.8 Å². The minimum Gasteiger partial charge on any atom is -0.481 e. The molecule has 1 saturated heterocycles. The molecule has 5 heteroatoms. The van der Waals surface area contributed by atoms with E-state index in [2.05, 4.69) is 10.6 Å². The highest BCUT2D eigenvalue weighted by molar-refractivity contribution is 5.80. The zero-order chi connectivity index (χ0) is 11.4. The molecule has 15 heavy (non-hydrogen) atoms. The van der Waals surface area contributed by atoms with Gasteiger partial charge in [0.15, 0.2) is 0 Å². The molecule has 1 aliphatic rings. The summed E-state index contributed by atoms with van der Waals surface area (Å²) >= 11 is 0. The Kier molecular flexibility index (Phi) is 4.08. The summed E-state index contributed by atoms with van der Waals surface area (Å²) in [6, 6.07) is -0.303. The minimum absolute atomic E-state index is 0.0266. The second-order valence-corrected chi connectivity index (χ2v) is 4.25. The summed E-state index contributed by atoms with van der Waals surface area (Å²) in [6.45, 7) is 5.27. The molecular formula is C10H18N2O3. The van der Waals surface area contributed by atoms with Gasteiger partial charge in [0.2, 0.25) is 5.91 Å². The van der Waals surface area contributed by atoms with Crippen molar-refractivity contribution < 1.29 is 14.7 Å². The zero-order valence-corrected chi connectivity index (χ0v) is 9.12. The third-order valence-corrected chi connectivity index (χ3v) is 2.72. The Morgan fingerprint density at radius 1 is 1.53 bits per heavy atom. The van der Waals surface area contributed by atoms with Gasteiger partial charge in [-0.2, -0.15) is 0 Å². The Morgan fingerprint density at radius 2 is 2.20 bits per heavy atom. The molecule has 1 unspecified atom stereocenters. The van der Waals surface area contributed by atoms with Crippen molar-refractivity contribution in [1.82, 2.24) is 10.6 Å². The molecule has 3 N–H and O–H groups in total. The maximum atomic E-state index is 11.7. The summed E-state index contributed by atoms with van der Waals surface area (Å²) in [4.78, 5) is 22.1. The molecule has 1 amide bonds. The lowest BCUT2D eigenvalue weighted by molar-refractivity contribution is -0.137. The number of hydrogen-bond donors (Lipinski definition) is 3. The van der Waals surface area contributed by atoms with Gasteiger partial charge >= 0.3 is 5.97 Å². The van der Waals surface area contributed by atoms with Crippen molar-refractivity contribution in [2.24, 2.45) is 11.8 Å². The lowest BCUT2D eigenvalue weighted by Gasteiger charge is -2.17. The summed E-state index contributed by atoms with van der Waals surface area (Å²) in [7, 11) is 0. The first-order chi connectivity index (χ1) is 7.00. The maximum Gasteiger partial charge on any atom is 0.305 e. The number of carboxylic acid groups (broad SMARTS) is 1. The van der Waals surface area contributed by atoms with Crippen LogP contribution in [0.15, 0.2) is 0 Å². The van der Waals surface area contributed by atoms with Gasteiger partial charge in [-0.25, -0.2) is 0 Å². The van der Waals surface area contributed by atoms with E-state index in [0.29, 0.717) is 12.5 Å². The molecule has 0 spiro atoms. The smallest absolute Gasteiger partial charge is 0.305 e. The lowest BCUT2D eigenvalue weighted by Crippen LogP contribution is -2.40. The van der Waals surface area contributed by atoms with Crippen molar-refractivity contribution in [2.45, 2.75) is 26.3 Å². The molecule has 1 heterocycles. The van der Waals surface area contributed by atoms with Crippen LogP contribution in [0.1, 0.15) is 20.3 Å². The third kappa shape index (κ3) is 3.51. The van der Waals surface area contributed by atoms with Crippen LogP contribution in [0.2, 0.25) is 0 Å². The Bertz CT molecular complexity index is 255. The van der Waals surface area contributed by atoms with E-state index >= 15 is 0 Å². The molecule has 1 fully saturated rings. The number of carbonyl (C=O) groups is 2. The van der Waals surface area contributed by atoms with Gasteiger partial charge in [-0.05, 0) is 19.4 Å². The SMILES string of the molecule is CC(CC(=O)O)NC(=O)[C@@H]1CNC[C@H]1C. The molecule has 86 valence electrons. The molecule has 0 saturated carbocycles. The van der Waals surface area contributed by atoms with E-state index in [9.17, 15) is 9.59 Å². The summed E-state index contributed by atoms with van der Waals surface area (Å²) in [5.74, 6) is -0.634. The predicted octanol–water partition coefficient (Wildman–Crippen LogP) is -0.179. The van der Waals surface area contributed by atoms with E-state index in [4.69, 9.17) is 5.11 Å². The van der Waals surface area contributed by atoms with Crippen LogP contribution >= 0.6 is 0 Å². The lowest BCUT2D eigenvalue weighted by atomic mass is 9.97. The van der Waals surface area contributed by atoms with Crippen LogP contribution in [-0.4, -0.2) is 36.1 Å². The fourth-order valence-corrected chi connectivity index (χ4v) is 1.82. The second-order valence-electron chi connectivity index (χ2n) is 4.25. The summed E-state index contributed by atoms with van der Waals surface area (Å²) in [6.07, 6.45) is -0.0275. The molecule has 1 aliphatic heterocycles. The van der Waals surface area contributed by atoms with E-state index in [-0.39, 0.29) is 24.3 Å². The molecule has 0 radical (unpaired) electrons. The number of carboxylic acids is 1. The van der Waals surface area contributed by atoms with Crippen LogP contribution < -0.4 is 10.6 Å². The number of aliphatic carboxylic acids is 1. The molecule has 0 bridgehead atoms. The van der Waals surface area contributed by atoms with Gasteiger partial charge in [0.1, 0.15) is 0 Å². The van der Waals surface area contributed by atoms with E-state index < -0.39 is 5.97 Å². The average Bonchev–Trinajstić information content (AvgIpc) is 2.49. The molecule has 0 aliphatic carbocycles. The van der Waals surface area contributed by atoms with E-state index in [0.717, 1.165) is 6.54 Å². The van der Waals surface area contributed by atoms with E-state index in [1.165, 1.54) is 0 Å². The number of hydrogen-bond acceptors (Lipinski definition) is 3. The number of rotatable bonds is 4. The van der Waals surface area contributed by atoms with Crippen molar-refractivity contribution in [1.29, 1.82) is 0 Å². The van der Waals surface area contributed by atoms with Gasteiger partial charge in [-0.15, -0.1) is 0 Å². The van der Waals surface area contributed by atoms with Gasteiger partial charge in [0.05, 0.1) is 12.3 Å². The van der Waals surface area contributed by atoms with Gasteiger partial charge in [0.25, 0.3) is 0 Å². The molecular weight excluding hydrogens is 196 g/mol. The largest absolute Gasteiger partial charge is 0.481 e. The normalized spacial score (nSPS) is 27.3. The zero-order valence-electron chi connectivity index (χ0n) is 9.12.